The van der Waals surface area contributed by atoms with Crippen molar-refractivity contribution in [1.82, 2.24) is 10.2 Å². The normalized spacial score (nSPS) is 12.6. The summed E-state index contributed by atoms with van der Waals surface area (Å²) in [5, 5.41) is 2.98. The number of nitrogens with zero attached hydrogens (tertiary/aromatic N) is 1. The second kappa shape index (κ2) is 8.03. The van der Waals surface area contributed by atoms with Crippen LogP contribution >= 0.6 is 0 Å². The van der Waals surface area contributed by atoms with Crippen molar-refractivity contribution in [3.05, 3.63) is 0 Å². The maximum absolute atomic E-state index is 11.6. The Morgan fingerprint density at radius 3 is 2.25 bits per heavy atom. The van der Waals surface area contributed by atoms with Crippen LogP contribution in [0, 0.1) is 0 Å². The van der Waals surface area contributed by atoms with Crippen molar-refractivity contribution in [2.24, 2.45) is 0 Å². The first-order valence-corrected chi connectivity index (χ1v) is 7.80. The van der Waals surface area contributed by atoms with Gasteiger partial charge in [-0.2, -0.15) is 0 Å². The number of nitrogens with one attached hydrogen (secondary N) is 1. The second-order valence-corrected chi connectivity index (χ2v) is 6.88. The van der Waals surface area contributed by atoms with Gasteiger partial charge in [-0.1, -0.05) is 13.8 Å². The summed E-state index contributed by atoms with van der Waals surface area (Å²) in [5.41, 5.74) is 0. The van der Waals surface area contributed by atoms with Gasteiger partial charge in [-0.05, 0) is 26.9 Å². The molecular formula is C11H26N2O2S. The van der Waals surface area contributed by atoms with Gasteiger partial charge in [0.25, 0.3) is 0 Å². The summed E-state index contributed by atoms with van der Waals surface area (Å²) < 4.78 is 23.3. The molecule has 0 aromatic heterocycles. The summed E-state index contributed by atoms with van der Waals surface area (Å²) in [7, 11) is -2.90. The molecule has 98 valence electrons. The minimum absolute atomic E-state index is 0.264. The Hall–Kier alpha value is -0.130. The van der Waals surface area contributed by atoms with Gasteiger partial charge >= 0.3 is 0 Å². The van der Waals surface area contributed by atoms with Crippen molar-refractivity contribution < 1.29 is 8.42 Å². The molecule has 0 saturated heterocycles. The third-order valence-electron chi connectivity index (χ3n) is 2.71. The maximum Gasteiger partial charge on any atom is 0.153 e. The molecule has 0 radical (unpaired) electrons. The lowest BCUT2D eigenvalue weighted by Gasteiger charge is -2.20. The molecule has 0 aromatic rings. The highest BCUT2D eigenvalue weighted by molar-refractivity contribution is 7.92. The van der Waals surface area contributed by atoms with Crippen LogP contribution in [0.3, 0.4) is 0 Å². The maximum atomic E-state index is 11.6. The van der Waals surface area contributed by atoms with E-state index < -0.39 is 9.84 Å². The van der Waals surface area contributed by atoms with Crippen molar-refractivity contribution in [3.63, 3.8) is 0 Å². The smallest absolute Gasteiger partial charge is 0.153 e. The van der Waals surface area contributed by atoms with Crippen molar-refractivity contribution in [3.8, 4) is 0 Å². The lowest BCUT2D eigenvalue weighted by Crippen LogP contribution is -2.36. The topological polar surface area (TPSA) is 49.4 Å². The van der Waals surface area contributed by atoms with Gasteiger partial charge in [-0.25, -0.2) is 8.42 Å². The highest BCUT2D eigenvalue weighted by Crippen LogP contribution is 2.01. The molecule has 0 unspecified atom stereocenters. The van der Waals surface area contributed by atoms with E-state index in [1.807, 2.05) is 0 Å². The summed E-state index contributed by atoms with van der Waals surface area (Å²) in [4.78, 5) is 2.17. The Morgan fingerprint density at radius 1 is 1.19 bits per heavy atom. The zero-order valence-corrected chi connectivity index (χ0v) is 11.8. The highest BCUT2D eigenvalue weighted by Gasteiger charge is 2.16. The van der Waals surface area contributed by atoms with Crippen LogP contribution in [0.4, 0.5) is 0 Å². The molecule has 0 aliphatic rings. The molecule has 0 amide bonds. The average molecular weight is 250 g/mol. The largest absolute Gasteiger partial charge is 0.316 e. The molecule has 5 heteroatoms. The number of hydrogen-bond donors (Lipinski definition) is 1. The van der Waals surface area contributed by atoms with E-state index >= 15 is 0 Å². The second-order valence-electron chi connectivity index (χ2n) is 4.20. The quantitative estimate of drug-likeness (QED) is 0.613. The molecule has 0 spiro atoms. The van der Waals surface area contributed by atoms with Gasteiger partial charge < -0.3 is 10.2 Å². The fraction of sp³-hybridized carbons (Fsp3) is 1.00. The molecule has 16 heavy (non-hydrogen) atoms. The molecule has 0 rings (SSSR count). The van der Waals surface area contributed by atoms with E-state index in [0.29, 0.717) is 6.54 Å². The first-order chi connectivity index (χ1) is 7.44. The molecule has 1 N–H and O–H groups in total. The molecule has 0 heterocycles. The zero-order chi connectivity index (χ0) is 12.6. The van der Waals surface area contributed by atoms with Gasteiger partial charge in [0.05, 0.1) is 11.0 Å². The van der Waals surface area contributed by atoms with Crippen LogP contribution in [0.1, 0.15) is 27.7 Å². The minimum Gasteiger partial charge on any atom is -0.316 e. The standard InChI is InChI=1S/C11H26N2O2S/c1-5-12-7-8-13(6-2)9-10-16(14,15)11(3)4/h11-12H,5-10H2,1-4H3. The number of rotatable bonds is 9. The average Bonchev–Trinajstić information content (AvgIpc) is 2.23. The lowest BCUT2D eigenvalue weighted by atomic mass is 10.4. The van der Waals surface area contributed by atoms with Crippen LogP contribution in [0.25, 0.3) is 0 Å². The summed E-state index contributed by atoms with van der Waals surface area (Å²) in [6, 6.07) is 0. The molecule has 0 saturated carbocycles. The van der Waals surface area contributed by atoms with Gasteiger partial charge in [-0.15, -0.1) is 0 Å². The zero-order valence-electron chi connectivity index (χ0n) is 11.0. The van der Waals surface area contributed by atoms with E-state index in [2.05, 4.69) is 24.1 Å². The SMILES string of the molecule is CCNCCN(CC)CCS(=O)(=O)C(C)C. The van der Waals surface area contributed by atoms with E-state index in [4.69, 9.17) is 0 Å². The molecule has 0 aliphatic heterocycles. The van der Waals surface area contributed by atoms with E-state index in [0.717, 1.165) is 26.2 Å². The van der Waals surface area contributed by atoms with E-state index in [-0.39, 0.29) is 11.0 Å². The van der Waals surface area contributed by atoms with Crippen LogP contribution in [0.5, 0.6) is 0 Å². The predicted molar refractivity (Wildman–Crippen MR) is 69.6 cm³/mol. The molecule has 0 aromatic carbocycles. The van der Waals surface area contributed by atoms with Gasteiger partial charge in [0.1, 0.15) is 0 Å². The lowest BCUT2D eigenvalue weighted by molar-refractivity contribution is 0.304. The third kappa shape index (κ3) is 6.45. The summed E-state index contributed by atoms with van der Waals surface area (Å²) >= 11 is 0. The number of hydrogen-bond acceptors (Lipinski definition) is 4. The van der Waals surface area contributed by atoms with Crippen LogP contribution in [0.2, 0.25) is 0 Å². The van der Waals surface area contributed by atoms with Crippen molar-refractivity contribution in [1.29, 1.82) is 0 Å². The Bertz CT molecular complexity index is 263. The molecule has 0 fully saturated rings. The van der Waals surface area contributed by atoms with Gasteiger partial charge in [0, 0.05) is 19.6 Å². The first kappa shape index (κ1) is 15.9. The summed E-state index contributed by atoms with van der Waals surface area (Å²) in [6.07, 6.45) is 0. The van der Waals surface area contributed by atoms with E-state index in [9.17, 15) is 8.42 Å². The van der Waals surface area contributed by atoms with E-state index in [1.165, 1.54) is 0 Å². The first-order valence-electron chi connectivity index (χ1n) is 6.08. The molecule has 4 nitrogen and oxygen atoms in total. The molecule has 0 atom stereocenters. The Kier molecular flexibility index (Phi) is 7.97. The fourth-order valence-electron chi connectivity index (χ4n) is 1.33. The Morgan fingerprint density at radius 2 is 1.81 bits per heavy atom. The third-order valence-corrected chi connectivity index (χ3v) is 4.90. The Balaban J connectivity index is 3.96. The van der Waals surface area contributed by atoms with Crippen LogP contribution < -0.4 is 5.32 Å². The van der Waals surface area contributed by atoms with Crippen molar-refractivity contribution >= 4 is 9.84 Å². The predicted octanol–water partition coefficient (Wildman–Crippen LogP) is 0.741. The van der Waals surface area contributed by atoms with Crippen molar-refractivity contribution in [2.75, 3.05) is 38.5 Å². The van der Waals surface area contributed by atoms with Crippen molar-refractivity contribution in [2.45, 2.75) is 32.9 Å². The fourth-order valence-corrected chi connectivity index (χ4v) is 2.32. The van der Waals surface area contributed by atoms with Gasteiger partial charge in [0.15, 0.2) is 9.84 Å². The Labute approximate surface area is 100 Å². The summed E-state index contributed by atoms with van der Waals surface area (Å²) in [5.74, 6) is 0.268. The monoisotopic (exact) mass is 250 g/mol. The van der Waals surface area contributed by atoms with Gasteiger partial charge in [0.2, 0.25) is 0 Å². The van der Waals surface area contributed by atoms with Crippen LogP contribution in [0.15, 0.2) is 0 Å². The highest BCUT2D eigenvalue weighted by atomic mass is 32.2. The minimum atomic E-state index is -2.90. The molecule has 0 bridgehead atoms. The summed E-state index contributed by atoms with van der Waals surface area (Å²) in [6.45, 7) is 12.0. The molecular weight excluding hydrogens is 224 g/mol. The molecule has 0 aliphatic carbocycles. The van der Waals surface area contributed by atoms with Crippen LogP contribution in [-0.4, -0.2) is 57.0 Å². The van der Waals surface area contributed by atoms with E-state index in [1.54, 1.807) is 13.8 Å². The van der Waals surface area contributed by atoms with Crippen LogP contribution in [-0.2, 0) is 9.84 Å². The number of likely N-dealkylation sites (N-methyl/N-ethyl adjacent to an activating group) is 2. The number of sulfone groups is 1. The van der Waals surface area contributed by atoms with Gasteiger partial charge in [-0.3, -0.25) is 0 Å².